The molecule has 4 nitrogen and oxygen atoms in total. The van der Waals surface area contributed by atoms with Crippen molar-refractivity contribution in [3.8, 4) is 0 Å². The molecule has 5 heteroatoms. The van der Waals surface area contributed by atoms with Gasteiger partial charge in [-0.1, -0.05) is 35.9 Å². The zero-order valence-electron chi connectivity index (χ0n) is 13.4. The van der Waals surface area contributed by atoms with Crippen molar-refractivity contribution >= 4 is 23.2 Å². The molecular weight excluding hydrogens is 322 g/mol. The molecule has 24 heavy (non-hydrogen) atoms. The normalized spacial score (nSPS) is 10.6. The second-order valence-electron chi connectivity index (χ2n) is 5.65. The Morgan fingerprint density at radius 1 is 1.08 bits per heavy atom. The molecule has 0 fully saturated rings. The quantitative estimate of drug-likeness (QED) is 0.761. The highest BCUT2D eigenvalue weighted by atomic mass is 35.5. The third-order valence-corrected chi connectivity index (χ3v) is 4.04. The number of nitrogens with one attached hydrogen (secondary N) is 1. The van der Waals surface area contributed by atoms with Crippen molar-refractivity contribution in [2.24, 2.45) is 0 Å². The first-order valence-electron chi connectivity index (χ1n) is 7.71. The van der Waals surface area contributed by atoms with Gasteiger partial charge in [0.25, 0.3) is 0 Å². The lowest BCUT2D eigenvalue weighted by Crippen LogP contribution is -2.14. The lowest BCUT2D eigenvalue weighted by molar-refractivity contribution is -0.115. The van der Waals surface area contributed by atoms with Crippen LogP contribution >= 0.6 is 11.6 Å². The van der Waals surface area contributed by atoms with Crippen LogP contribution in [0.5, 0.6) is 0 Å². The molecule has 3 aromatic rings. The summed E-state index contributed by atoms with van der Waals surface area (Å²) in [6.07, 6.45) is 4.07. The maximum Gasteiger partial charge on any atom is 0.228 e. The molecular formula is C19H18ClN3O. The van der Waals surface area contributed by atoms with Crippen LogP contribution in [0, 0.1) is 6.92 Å². The predicted molar refractivity (Wildman–Crippen MR) is 96.3 cm³/mol. The standard InChI is InChI=1S/C19H18ClN3O/c1-14-21-10-11-23(14)13-16-4-8-18(9-5-16)22-19(24)12-15-2-6-17(20)7-3-15/h2-11H,12-13H2,1H3,(H,22,24). The average Bonchev–Trinajstić information content (AvgIpc) is 2.96. The summed E-state index contributed by atoms with van der Waals surface area (Å²) < 4.78 is 2.08. The van der Waals surface area contributed by atoms with E-state index in [1.54, 1.807) is 18.3 Å². The SMILES string of the molecule is Cc1nccn1Cc1ccc(NC(=O)Cc2ccc(Cl)cc2)cc1. The fourth-order valence-corrected chi connectivity index (χ4v) is 2.58. The maximum absolute atomic E-state index is 12.1. The smallest absolute Gasteiger partial charge is 0.228 e. The molecule has 0 aliphatic rings. The number of nitrogens with zero attached hydrogens (tertiary/aromatic N) is 2. The summed E-state index contributed by atoms with van der Waals surface area (Å²) in [6, 6.07) is 15.2. The third kappa shape index (κ3) is 4.24. The number of aryl methyl sites for hydroxylation is 1. The summed E-state index contributed by atoms with van der Waals surface area (Å²) in [7, 11) is 0. The lowest BCUT2D eigenvalue weighted by Gasteiger charge is -2.08. The molecule has 1 heterocycles. The van der Waals surface area contributed by atoms with Gasteiger partial charge in [-0.25, -0.2) is 4.98 Å². The molecule has 1 aromatic heterocycles. The van der Waals surface area contributed by atoms with Crippen LogP contribution < -0.4 is 5.32 Å². The van der Waals surface area contributed by atoms with Crippen molar-refractivity contribution in [3.63, 3.8) is 0 Å². The number of halogens is 1. The van der Waals surface area contributed by atoms with E-state index in [1.165, 1.54) is 0 Å². The minimum Gasteiger partial charge on any atom is -0.331 e. The number of amides is 1. The van der Waals surface area contributed by atoms with Gasteiger partial charge in [-0.2, -0.15) is 0 Å². The van der Waals surface area contributed by atoms with Gasteiger partial charge in [-0.3, -0.25) is 4.79 Å². The van der Waals surface area contributed by atoms with Crippen molar-refractivity contribution in [2.75, 3.05) is 5.32 Å². The van der Waals surface area contributed by atoms with Crippen LogP contribution in [-0.4, -0.2) is 15.5 Å². The highest BCUT2D eigenvalue weighted by molar-refractivity contribution is 6.30. The Morgan fingerprint density at radius 3 is 2.38 bits per heavy atom. The molecule has 3 rings (SSSR count). The second kappa shape index (κ2) is 7.32. The number of imidazole rings is 1. The fraction of sp³-hybridized carbons (Fsp3) is 0.158. The molecule has 0 radical (unpaired) electrons. The van der Waals surface area contributed by atoms with E-state index >= 15 is 0 Å². The highest BCUT2D eigenvalue weighted by Crippen LogP contribution is 2.13. The Hall–Kier alpha value is -2.59. The van der Waals surface area contributed by atoms with Crippen LogP contribution in [0.4, 0.5) is 5.69 Å². The molecule has 0 unspecified atom stereocenters. The number of hydrogen-bond acceptors (Lipinski definition) is 2. The van der Waals surface area contributed by atoms with Crippen LogP contribution in [0.1, 0.15) is 17.0 Å². The van der Waals surface area contributed by atoms with Crippen molar-refractivity contribution in [2.45, 2.75) is 19.9 Å². The fourth-order valence-electron chi connectivity index (χ4n) is 2.45. The van der Waals surface area contributed by atoms with Crippen LogP contribution in [0.3, 0.4) is 0 Å². The van der Waals surface area contributed by atoms with Crippen molar-refractivity contribution in [3.05, 3.63) is 82.9 Å². The first-order chi connectivity index (χ1) is 11.6. The lowest BCUT2D eigenvalue weighted by atomic mass is 10.1. The average molecular weight is 340 g/mol. The Labute approximate surface area is 146 Å². The molecule has 0 bridgehead atoms. The van der Waals surface area contributed by atoms with Gasteiger partial charge in [0.15, 0.2) is 0 Å². The van der Waals surface area contributed by atoms with E-state index in [1.807, 2.05) is 49.5 Å². The number of rotatable bonds is 5. The van der Waals surface area contributed by atoms with Crippen LogP contribution in [0.2, 0.25) is 5.02 Å². The number of benzene rings is 2. The molecule has 0 atom stereocenters. The molecule has 1 amide bonds. The summed E-state index contributed by atoms with van der Waals surface area (Å²) in [5.74, 6) is 0.936. The van der Waals surface area contributed by atoms with Gasteiger partial charge >= 0.3 is 0 Å². The number of aromatic nitrogens is 2. The molecule has 0 aliphatic heterocycles. The first kappa shape index (κ1) is 16.3. The zero-order chi connectivity index (χ0) is 16.9. The highest BCUT2D eigenvalue weighted by Gasteiger charge is 2.05. The summed E-state index contributed by atoms with van der Waals surface area (Å²) in [5.41, 5.74) is 2.89. The second-order valence-corrected chi connectivity index (χ2v) is 6.09. The maximum atomic E-state index is 12.1. The molecule has 1 N–H and O–H groups in total. The molecule has 0 spiro atoms. The summed E-state index contributed by atoms with van der Waals surface area (Å²) in [4.78, 5) is 16.3. The Bertz CT molecular complexity index is 823. The van der Waals surface area contributed by atoms with E-state index in [2.05, 4.69) is 14.9 Å². The van der Waals surface area contributed by atoms with E-state index in [-0.39, 0.29) is 5.91 Å². The molecule has 0 aliphatic carbocycles. The Balaban J connectivity index is 1.58. The Kier molecular flexibility index (Phi) is 4.96. The van der Waals surface area contributed by atoms with Gasteiger partial charge in [0.1, 0.15) is 5.82 Å². The number of hydrogen-bond donors (Lipinski definition) is 1. The summed E-state index contributed by atoms with van der Waals surface area (Å²) in [5, 5.41) is 3.58. The predicted octanol–water partition coefficient (Wildman–Crippen LogP) is 4.07. The van der Waals surface area contributed by atoms with Crippen LogP contribution in [-0.2, 0) is 17.8 Å². The first-order valence-corrected chi connectivity index (χ1v) is 8.09. The van der Waals surface area contributed by atoms with Gasteiger partial charge in [0.2, 0.25) is 5.91 Å². The van der Waals surface area contributed by atoms with Gasteiger partial charge in [0, 0.05) is 29.6 Å². The van der Waals surface area contributed by atoms with E-state index in [9.17, 15) is 4.79 Å². The monoisotopic (exact) mass is 339 g/mol. The summed E-state index contributed by atoms with van der Waals surface area (Å²) in [6.45, 7) is 2.75. The van der Waals surface area contributed by atoms with Crippen molar-refractivity contribution in [1.82, 2.24) is 9.55 Å². The van der Waals surface area contributed by atoms with Crippen molar-refractivity contribution < 1.29 is 4.79 Å². The third-order valence-electron chi connectivity index (χ3n) is 3.79. The van der Waals surface area contributed by atoms with Gasteiger partial charge in [-0.05, 0) is 42.3 Å². The molecule has 0 saturated heterocycles. The molecule has 2 aromatic carbocycles. The largest absolute Gasteiger partial charge is 0.331 e. The number of carbonyl (C=O) groups is 1. The zero-order valence-corrected chi connectivity index (χ0v) is 14.1. The van der Waals surface area contributed by atoms with E-state index in [4.69, 9.17) is 11.6 Å². The number of anilines is 1. The van der Waals surface area contributed by atoms with E-state index < -0.39 is 0 Å². The summed E-state index contributed by atoms with van der Waals surface area (Å²) >= 11 is 5.85. The number of carbonyl (C=O) groups excluding carboxylic acids is 1. The van der Waals surface area contributed by atoms with Gasteiger partial charge in [-0.15, -0.1) is 0 Å². The van der Waals surface area contributed by atoms with Crippen molar-refractivity contribution in [1.29, 1.82) is 0 Å². The van der Waals surface area contributed by atoms with Crippen LogP contribution in [0.25, 0.3) is 0 Å². The van der Waals surface area contributed by atoms with E-state index in [0.717, 1.165) is 29.2 Å². The minimum atomic E-state index is -0.0458. The topological polar surface area (TPSA) is 46.9 Å². The van der Waals surface area contributed by atoms with Gasteiger partial charge < -0.3 is 9.88 Å². The van der Waals surface area contributed by atoms with Crippen LogP contribution in [0.15, 0.2) is 60.9 Å². The minimum absolute atomic E-state index is 0.0458. The van der Waals surface area contributed by atoms with Gasteiger partial charge in [0.05, 0.1) is 6.42 Å². The molecule has 122 valence electrons. The van der Waals surface area contributed by atoms with E-state index in [0.29, 0.717) is 11.4 Å². The Morgan fingerprint density at radius 2 is 1.75 bits per heavy atom. The molecule has 0 saturated carbocycles.